The molecule has 0 saturated heterocycles. The van der Waals surface area contributed by atoms with Gasteiger partial charge >= 0.3 is 5.97 Å². The molecule has 0 aliphatic heterocycles. The number of methoxy groups -OCH3 is 1. The van der Waals surface area contributed by atoms with Crippen LogP contribution in [0.1, 0.15) is 37.0 Å². The van der Waals surface area contributed by atoms with Crippen molar-refractivity contribution >= 4 is 11.9 Å². The van der Waals surface area contributed by atoms with Gasteiger partial charge in [0.25, 0.3) is 5.91 Å². The lowest BCUT2D eigenvalue weighted by molar-refractivity contribution is -0.127. The van der Waals surface area contributed by atoms with E-state index in [1.165, 1.54) is 13.2 Å². The Labute approximate surface area is 124 Å². The number of carbonyl (C=O) groups is 2. The van der Waals surface area contributed by atoms with Crippen molar-refractivity contribution in [3.05, 3.63) is 23.8 Å². The van der Waals surface area contributed by atoms with Crippen molar-refractivity contribution < 1.29 is 24.2 Å². The topological polar surface area (TPSA) is 84.9 Å². The van der Waals surface area contributed by atoms with Crippen LogP contribution < -0.4 is 14.8 Å². The lowest BCUT2D eigenvalue weighted by Gasteiger charge is -2.18. The van der Waals surface area contributed by atoms with E-state index in [1.807, 2.05) is 6.92 Å². The zero-order valence-corrected chi connectivity index (χ0v) is 12.5. The largest absolute Gasteiger partial charge is 0.493 e. The molecule has 0 radical (unpaired) electrons. The molecule has 1 atom stereocenters. The van der Waals surface area contributed by atoms with Crippen molar-refractivity contribution in [3.63, 3.8) is 0 Å². The molecule has 0 aliphatic carbocycles. The predicted molar refractivity (Wildman–Crippen MR) is 78.0 cm³/mol. The average Bonchev–Trinajstić information content (AvgIpc) is 2.47. The molecule has 0 saturated carbocycles. The van der Waals surface area contributed by atoms with Crippen molar-refractivity contribution in [1.82, 2.24) is 5.32 Å². The highest BCUT2D eigenvalue weighted by molar-refractivity contribution is 5.92. The van der Waals surface area contributed by atoms with Gasteiger partial charge in [0.05, 0.1) is 7.11 Å². The van der Waals surface area contributed by atoms with Crippen LogP contribution in [0.2, 0.25) is 0 Å². The van der Waals surface area contributed by atoms with Gasteiger partial charge in [-0.1, -0.05) is 19.4 Å². The highest BCUT2D eigenvalue weighted by Gasteiger charge is 2.21. The number of amides is 1. The second-order valence-electron chi connectivity index (χ2n) is 4.55. The Morgan fingerprint density at radius 1 is 1.38 bits per heavy atom. The first-order chi connectivity index (χ1) is 10.0. The highest BCUT2D eigenvalue weighted by Crippen LogP contribution is 2.31. The molecule has 0 bridgehead atoms. The van der Waals surface area contributed by atoms with Crippen LogP contribution in [-0.4, -0.2) is 36.7 Å². The minimum Gasteiger partial charge on any atom is -0.493 e. The van der Waals surface area contributed by atoms with E-state index in [1.54, 1.807) is 19.1 Å². The predicted octanol–water partition coefficient (Wildman–Crippen LogP) is 2.08. The molecule has 2 N–H and O–H groups in total. The first kappa shape index (κ1) is 16.8. The number of ether oxygens (including phenoxy) is 2. The normalized spacial score (nSPS) is 11.6. The number of unbranched alkanes of at least 4 members (excludes halogenated alkanes) is 1. The van der Waals surface area contributed by atoms with Crippen LogP contribution in [0.5, 0.6) is 11.5 Å². The van der Waals surface area contributed by atoms with E-state index in [0.717, 1.165) is 12.8 Å². The maximum Gasteiger partial charge on any atom is 0.339 e. The van der Waals surface area contributed by atoms with Crippen LogP contribution in [0, 0.1) is 0 Å². The summed E-state index contributed by atoms with van der Waals surface area (Å²) in [6.45, 7) is 4.17. The number of hydrogen-bond acceptors (Lipinski definition) is 4. The Morgan fingerprint density at radius 3 is 2.67 bits per heavy atom. The maximum atomic E-state index is 11.9. The number of benzene rings is 1. The van der Waals surface area contributed by atoms with Gasteiger partial charge in [-0.25, -0.2) is 4.79 Å². The Bertz CT molecular complexity index is 501. The fourth-order valence-corrected chi connectivity index (χ4v) is 1.73. The molecule has 0 fully saturated rings. The molecule has 6 heteroatoms. The Balaban J connectivity index is 2.85. The van der Waals surface area contributed by atoms with Gasteiger partial charge in [0, 0.05) is 6.54 Å². The van der Waals surface area contributed by atoms with Crippen LogP contribution in [0.4, 0.5) is 0 Å². The SMILES string of the molecule is CCCCNC(=O)C(C)Oc1c(OC)cccc1C(=O)O. The summed E-state index contributed by atoms with van der Waals surface area (Å²) in [4.78, 5) is 23.1. The van der Waals surface area contributed by atoms with E-state index in [2.05, 4.69) is 5.32 Å². The molecule has 0 spiro atoms. The van der Waals surface area contributed by atoms with Crippen LogP contribution in [0.15, 0.2) is 18.2 Å². The quantitative estimate of drug-likeness (QED) is 0.717. The van der Waals surface area contributed by atoms with Crippen molar-refractivity contribution in [2.45, 2.75) is 32.8 Å². The lowest BCUT2D eigenvalue weighted by Crippen LogP contribution is -2.37. The molecule has 116 valence electrons. The number of carbonyl (C=O) groups excluding carboxylic acids is 1. The molecule has 0 aromatic heterocycles. The number of nitrogens with one attached hydrogen (secondary N) is 1. The summed E-state index contributed by atoms with van der Waals surface area (Å²) in [6, 6.07) is 4.55. The van der Waals surface area contributed by atoms with Crippen LogP contribution in [0.3, 0.4) is 0 Å². The standard InChI is InChI=1S/C15H21NO5/c1-4-5-9-16-14(17)10(2)21-13-11(15(18)19)7-6-8-12(13)20-3/h6-8,10H,4-5,9H2,1-3H3,(H,16,17)(H,18,19). The summed E-state index contributed by atoms with van der Waals surface area (Å²) in [6.07, 6.45) is 1.05. The molecule has 0 heterocycles. The van der Waals surface area contributed by atoms with E-state index < -0.39 is 12.1 Å². The van der Waals surface area contributed by atoms with Crippen LogP contribution in [0.25, 0.3) is 0 Å². The fraction of sp³-hybridized carbons (Fsp3) is 0.467. The number of aromatic carboxylic acids is 1. The number of para-hydroxylation sites is 1. The van der Waals surface area contributed by atoms with Gasteiger partial charge in [0.2, 0.25) is 0 Å². The van der Waals surface area contributed by atoms with E-state index in [-0.39, 0.29) is 23.0 Å². The molecule has 0 aliphatic rings. The Hall–Kier alpha value is -2.24. The highest BCUT2D eigenvalue weighted by atomic mass is 16.5. The molecule has 1 unspecified atom stereocenters. The van der Waals surface area contributed by atoms with Crippen molar-refractivity contribution in [1.29, 1.82) is 0 Å². The van der Waals surface area contributed by atoms with Crippen molar-refractivity contribution in [2.75, 3.05) is 13.7 Å². The minimum absolute atomic E-state index is 0.0393. The summed E-state index contributed by atoms with van der Waals surface area (Å²) in [5, 5.41) is 11.9. The third kappa shape index (κ3) is 4.66. The van der Waals surface area contributed by atoms with Gasteiger partial charge < -0.3 is 19.9 Å². The molecule has 1 rings (SSSR count). The Kier molecular flexibility index (Phi) is 6.52. The zero-order valence-electron chi connectivity index (χ0n) is 12.5. The van der Waals surface area contributed by atoms with Crippen LogP contribution in [-0.2, 0) is 4.79 Å². The smallest absolute Gasteiger partial charge is 0.339 e. The zero-order chi connectivity index (χ0) is 15.8. The van der Waals surface area contributed by atoms with Gasteiger partial charge in [-0.15, -0.1) is 0 Å². The maximum absolute atomic E-state index is 11.9. The third-order valence-corrected chi connectivity index (χ3v) is 2.92. The first-order valence-corrected chi connectivity index (χ1v) is 6.85. The molecule has 1 aromatic carbocycles. The average molecular weight is 295 g/mol. The van der Waals surface area contributed by atoms with Gasteiger partial charge in [-0.3, -0.25) is 4.79 Å². The summed E-state index contributed by atoms with van der Waals surface area (Å²) in [5.41, 5.74) is -0.0393. The first-order valence-electron chi connectivity index (χ1n) is 6.85. The molecule has 1 aromatic rings. The monoisotopic (exact) mass is 295 g/mol. The van der Waals surface area contributed by atoms with Gasteiger partial charge in [0.15, 0.2) is 17.6 Å². The number of hydrogen-bond donors (Lipinski definition) is 2. The summed E-state index contributed by atoms with van der Waals surface area (Å²) in [7, 11) is 1.42. The van der Waals surface area contributed by atoms with Gasteiger partial charge in [0.1, 0.15) is 5.56 Å². The number of rotatable bonds is 8. The fourth-order valence-electron chi connectivity index (χ4n) is 1.73. The lowest BCUT2D eigenvalue weighted by atomic mass is 10.2. The second-order valence-corrected chi connectivity index (χ2v) is 4.55. The summed E-state index contributed by atoms with van der Waals surface area (Å²) >= 11 is 0. The second kappa shape index (κ2) is 8.14. The molecular weight excluding hydrogens is 274 g/mol. The van der Waals surface area contributed by atoms with Gasteiger partial charge in [-0.2, -0.15) is 0 Å². The van der Waals surface area contributed by atoms with Gasteiger partial charge in [-0.05, 0) is 25.5 Å². The number of carboxylic acid groups (broad SMARTS) is 1. The summed E-state index contributed by atoms with van der Waals surface area (Å²) < 4.78 is 10.6. The molecule has 21 heavy (non-hydrogen) atoms. The third-order valence-electron chi connectivity index (χ3n) is 2.92. The number of carboxylic acids is 1. The minimum atomic E-state index is -1.14. The molecular formula is C15H21NO5. The summed E-state index contributed by atoms with van der Waals surface area (Å²) in [5.74, 6) is -1.08. The van der Waals surface area contributed by atoms with E-state index in [4.69, 9.17) is 9.47 Å². The van der Waals surface area contributed by atoms with E-state index in [0.29, 0.717) is 6.54 Å². The van der Waals surface area contributed by atoms with Crippen molar-refractivity contribution in [3.8, 4) is 11.5 Å². The van der Waals surface area contributed by atoms with Crippen LogP contribution >= 0.6 is 0 Å². The molecule has 1 amide bonds. The van der Waals surface area contributed by atoms with E-state index >= 15 is 0 Å². The Morgan fingerprint density at radius 2 is 2.10 bits per heavy atom. The molecule has 6 nitrogen and oxygen atoms in total. The van der Waals surface area contributed by atoms with Crippen molar-refractivity contribution in [2.24, 2.45) is 0 Å². The van der Waals surface area contributed by atoms with E-state index in [9.17, 15) is 14.7 Å².